The standard InChI is InChI=1S/C21H23Cl2N3O3/c1-13-10-17(23)8-9-18(13)24-21(28)26-12-29-14(2)19(26)20(27)25(3)11-15-4-6-16(22)7-5-15/h4-10,14,19H,11-12H2,1-3H3,(H,24,28)/t14-,19-/m1/s1. The van der Waals surface area contributed by atoms with E-state index < -0.39 is 18.2 Å². The number of urea groups is 1. The maximum absolute atomic E-state index is 13.1. The average molecular weight is 436 g/mol. The van der Waals surface area contributed by atoms with Gasteiger partial charge in [0.05, 0.1) is 6.10 Å². The van der Waals surface area contributed by atoms with Crippen LogP contribution in [-0.2, 0) is 16.1 Å². The lowest BCUT2D eigenvalue weighted by atomic mass is 10.1. The molecule has 0 saturated carbocycles. The predicted molar refractivity (Wildman–Crippen MR) is 114 cm³/mol. The number of hydrogen-bond acceptors (Lipinski definition) is 3. The van der Waals surface area contributed by atoms with Crippen molar-refractivity contribution in [2.75, 3.05) is 19.1 Å². The molecule has 2 aromatic rings. The van der Waals surface area contributed by atoms with Gasteiger partial charge in [0, 0.05) is 29.3 Å². The van der Waals surface area contributed by atoms with Gasteiger partial charge in [0.2, 0.25) is 5.91 Å². The number of nitrogens with zero attached hydrogens (tertiary/aromatic N) is 2. The summed E-state index contributed by atoms with van der Waals surface area (Å²) in [4.78, 5) is 28.9. The Morgan fingerprint density at radius 1 is 1.17 bits per heavy atom. The van der Waals surface area contributed by atoms with Crippen molar-refractivity contribution in [3.8, 4) is 0 Å². The van der Waals surface area contributed by atoms with E-state index in [-0.39, 0.29) is 12.6 Å². The molecule has 0 radical (unpaired) electrons. The van der Waals surface area contributed by atoms with Crippen LogP contribution in [0.25, 0.3) is 0 Å². The Bertz CT molecular complexity index is 905. The van der Waals surface area contributed by atoms with Gasteiger partial charge in [-0.25, -0.2) is 4.79 Å². The molecule has 3 amide bonds. The molecule has 1 aliphatic heterocycles. The molecule has 0 aliphatic carbocycles. The van der Waals surface area contributed by atoms with Gasteiger partial charge in [0.1, 0.15) is 12.8 Å². The first-order valence-corrected chi connectivity index (χ1v) is 9.96. The van der Waals surface area contributed by atoms with Gasteiger partial charge in [-0.15, -0.1) is 0 Å². The zero-order valence-electron chi connectivity index (χ0n) is 16.5. The maximum Gasteiger partial charge on any atom is 0.324 e. The molecule has 0 aromatic heterocycles. The molecule has 0 spiro atoms. The second kappa shape index (κ2) is 9.03. The van der Waals surface area contributed by atoms with E-state index >= 15 is 0 Å². The molecule has 1 N–H and O–H groups in total. The Labute approximate surface area is 180 Å². The average Bonchev–Trinajstić information content (AvgIpc) is 3.06. The first-order chi connectivity index (χ1) is 13.8. The second-order valence-electron chi connectivity index (χ2n) is 7.13. The normalized spacial score (nSPS) is 18.6. The number of likely N-dealkylation sites (N-methyl/N-ethyl adjacent to an activating group) is 1. The van der Waals surface area contributed by atoms with Gasteiger partial charge in [0.25, 0.3) is 0 Å². The van der Waals surface area contributed by atoms with Crippen molar-refractivity contribution in [3.63, 3.8) is 0 Å². The van der Waals surface area contributed by atoms with Crippen molar-refractivity contribution >= 4 is 40.8 Å². The van der Waals surface area contributed by atoms with E-state index in [9.17, 15) is 9.59 Å². The van der Waals surface area contributed by atoms with Crippen molar-refractivity contribution in [1.29, 1.82) is 0 Å². The third-order valence-electron chi connectivity index (χ3n) is 4.91. The number of benzene rings is 2. The van der Waals surface area contributed by atoms with Crippen molar-refractivity contribution < 1.29 is 14.3 Å². The van der Waals surface area contributed by atoms with Crippen LogP contribution < -0.4 is 5.32 Å². The van der Waals surface area contributed by atoms with Gasteiger partial charge < -0.3 is 15.0 Å². The van der Waals surface area contributed by atoms with Crippen LogP contribution in [0.5, 0.6) is 0 Å². The Hall–Kier alpha value is -2.28. The number of ether oxygens (including phenoxy) is 1. The molecule has 3 rings (SSSR count). The number of nitrogens with one attached hydrogen (secondary N) is 1. The van der Waals surface area contributed by atoms with Crippen LogP contribution in [0.4, 0.5) is 10.5 Å². The molecule has 0 unspecified atom stereocenters. The second-order valence-corrected chi connectivity index (χ2v) is 8.00. The number of carbonyl (C=O) groups is 2. The molecule has 1 saturated heterocycles. The molecule has 0 bridgehead atoms. The number of hydrogen-bond donors (Lipinski definition) is 1. The van der Waals surface area contributed by atoms with Crippen LogP contribution >= 0.6 is 23.2 Å². The van der Waals surface area contributed by atoms with Crippen LogP contribution in [0.15, 0.2) is 42.5 Å². The topological polar surface area (TPSA) is 61.9 Å². The smallest absolute Gasteiger partial charge is 0.324 e. The summed E-state index contributed by atoms with van der Waals surface area (Å²) in [6.07, 6.45) is -0.410. The lowest BCUT2D eigenvalue weighted by Gasteiger charge is -2.28. The van der Waals surface area contributed by atoms with E-state index in [0.717, 1.165) is 11.1 Å². The van der Waals surface area contributed by atoms with Gasteiger partial charge in [-0.2, -0.15) is 0 Å². The van der Waals surface area contributed by atoms with E-state index in [1.54, 1.807) is 49.2 Å². The highest BCUT2D eigenvalue weighted by atomic mass is 35.5. The largest absolute Gasteiger partial charge is 0.355 e. The van der Waals surface area contributed by atoms with Crippen molar-refractivity contribution in [2.45, 2.75) is 32.5 Å². The molecule has 1 aliphatic rings. The SMILES string of the molecule is Cc1cc(Cl)ccc1NC(=O)N1CO[C@H](C)[C@@H]1C(=O)N(C)Cc1ccc(Cl)cc1. The Morgan fingerprint density at radius 2 is 1.83 bits per heavy atom. The van der Waals surface area contributed by atoms with Gasteiger partial charge >= 0.3 is 6.03 Å². The fourth-order valence-corrected chi connectivity index (χ4v) is 3.62. The lowest BCUT2D eigenvalue weighted by molar-refractivity contribution is -0.135. The minimum Gasteiger partial charge on any atom is -0.355 e. The number of rotatable bonds is 4. The van der Waals surface area contributed by atoms with Gasteiger partial charge in [-0.1, -0.05) is 35.3 Å². The molecule has 8 heteroatoms. The molecular formula is C21H23Cl2N3O3. The summed E-state index contributed by atoms with van der Waals surface area (Å²) in [5.74, 6) is -0.187. The van der Waals surface area contributed by atoms with E-state index in [1.165, 1.54) is 4.90 Å². The molecule has 2 aromatic carbocycles. The number of carbonyl (C=O) groups excluding carboxylic acids is 2. The number of amides is 3. The zero-order valence-corrected chi connectivity index (χ0v) is 18.0. The van der Waals surface area contributed by atoms with Crippen LogP contribution in [0.1, 0.15) is 18.1 Å². The summed E-state index contributed by atoms with van der Waals surface area (Å²) in [6.45, 7) is 4.10. The number of aryl methyl sites for hydroxylation is 1. The molecular weight excluding hydrogens is 413 g/mol. The van der Waals surface area contributed by atoms with E-state index in [0.29, 0.717) is 22.3 Å². The molecule has 1 heterocycles. The zero-order chi connectivity index (χ0) is 21.1. The summed E-state index contributed by atoms with van der Waals surface area (Å²) < 4.78 is 5.60. The van der Waals surface area contributed by atoms with Gasteiger partial charge in [-0.05, 0) is 55.3 Å². The van der Waals surface area contributed by atoms with Crippen molar-refractivity contribution in [2.24, 2.45) is 0 Å². The van der Waals surface area contributed by atoms with Gasteiger partial charge in [-0.3, -0.25) is 9.69 Å². The number of halogens is 2. The van der Waals surface area contributed by atoms with E-state index in [1.807, 2.05) is 19.1 Å². The molecule has 2 atom stereocenters. The van der Waals surface area contributed by atoms with Crippen LogP contribution in [0.3, 0.4) is 0 Å². The quantitative estimate of drug-likeness (QED) is 0.766. The first-order valence-electron chi connectivity index (χ1n) is 9.21. The highest BCUT2D eigenvalue weighted by molar-refractivity contribution is 6.31. The summed E-state index contributed by atoms with van der Waals surface area (Å²) in [5, 5.41) is 4.08. The molecule has 29 heavy (non-hydrogen) atoms. The first kappa shape index (κ1) is 21.4. The maximum atomic E-state index is 13.1. The lowest BCUT2D eigenvalue weighted by Crippen LogP contribution is -2.51. The predicted octanol–water partition coefficient (Wildman–Crippen LogP) is 4.54. The highest BCUT2D eigenvalue weighted by Crippen LogP contribution is 2.24. The van der Waals surface area contributed by atoms with E-state index in [4.69, 9.17) is 27.9 Å². The number of anilines is 1. The van der Waals surface area contributed by atoms with Crippen LogP contribution in [-0.4, -0.2) is 47.7 Å². The minimum absolute atomic E-state index is 0.0465. The summed E-state index contributed by atoms with van der Waals surface area (Å²) in [6, 6.07) is 11.4. The van der Waals surface area contributed by atoms with Crippen LogP contribution in [0.2, 0.25) is 10.0 Å². The monoisotopic (exact) mass is 435 g/mol. The van der Waals surface area contributed by atoms with E-state index in [2.05, 4.69) is 5.32 Å². The summed E-state index contributed by atoms with van der Waals surface area (Å²) in [5.41, 5.74) is 2.42. The van der Waals surface area contributed by atoms with Crippen molar-refractivity contribution in [3.05, 3.63) is 63.6 Å². The molecule has 154 valence electrons. The van der Waals surface area contributed by atoms with Crippen LogP contribution in [0, 0.1) is 6.92 Å². The fourth-order valence-electron chi connectivity index (χ4n) is 3.26. The Kier molecular flexibility index (Phi) is 6.67. The third kappa shape index (κ3) is 5.01. The summed E-state index contributed by atoms with van der Waals surface area (Å²) >= 11 is 11.9. The minimum atomic E-state index is -0.708. The summed E-state index contributed by atoms with van der Waals surface area (Å²) in [7, 11) is 1.71. The highest BCUT2D eigenvalue weighted by Gasteiger charge is 2.42. The van der Waals surface area contributed by atoms with Gasteiger partial charge in [0.15, 0.2) is 0 Å². The molecule has 1 fully saturated rings. The Balaban J connectivity index is 1.71. The Morgan fingerprint density at radius 3 is 2.48 bits per heavy atom. The fraction of sp³-hybridized carbons (Fsp3) is 0.333. The van der Waals surface area contributed by atoms with Crippen molar-refractivity contribution in [1.82, 2.24) is 9.80 Å². The third-order valence-corrected chi connectivity index (χ3v) is 5.40. The molecule has 6 nitrogen and oxygen atoms in total.